The molecule has 20 heavy (non-hydrogen) atoms. The molecule has 2 rings (SSSR count). The van der Waals surface area contributed by atoms with E-state index in [9.17, 15) is 18.4 Å². The highest BCUT2D eigenvalue weighted by Crippen LogP contribution is 2.47. The first-order valence-electron chi connectivity index (χ1n) is 6.35. The van der Waals surface area contributed by atoms with Gasteiger partial charge in [-0.1, -0.05) is 13.0 Å². The van der Waals surface area contributed by atoms with E-state index in [4.69, 9.17) is 5.11 Å². The molecule has 0 spiro atoms. The first-order valence-corrected chi connectivity index (χ1v) is 6.35. The van der Waals surface area contributed by atoms with E-state index in [1.165, 1.54) is 13.0 Å². The van der Waals surface area contributed by atoms with Crippen molar-refractivity contribution >= 4 is 11.9 Å². The summed E-state index contributed by atoms with van der Waals surface area (Å²) in [6.45, 7) is 1.57. The summed E-state index contributed by atoms with van der Waals surface area (Å²) < 4.78 is 25.9. The molecule has 108 valence electrons. The molecule has 0 radical (unpaired) electrons. The van der Waals surface area contributed by atoms with Crippen LogP contribution in [0.3, 0.4) is 0 Å². The van der Waals surface area contributed by atoms with Gasteiger partial charge in [-0.3, -0.25) is 9.59 Å². The topological polar surface area (TPSA) is 66.4 Å². The third-order valence-corrected chi connectivity index (χ3v) is 3.50. The molecule has 1 saturated carbocycles. The molecule has 1 aliphatic carbocycles. The van der Waals surface area contributed by atoms with Gasteiger partial charge in [0.15, 0.2) is 11.6 Å². The molecule has 1 aromatic carbocycles. The summed E-state index contributed by atoms with van der Waals surface area (Å²) in [5.41, 5.74) is 0.593. The molecular weight excluding hydrogens is 268 g/mol. The van der Waals surface area contributed by atoms with E-state index in [0.717, 1.165) is 12.1 Å². The van der Waals surface area contributed by atoms with Crippen LogP contribution >= 0.6 is 0 Å². The monoisotopic (exact) mass is 283 g/mol. The van der Waals surface area contributed by atoms with Crippen molar-refractivity contribution in [3.05, 3.63) is 35.4 Å². The number of carbonyl (C=O) groups is 2. The fraction of sp³-hybridized carbons (Fsp3) is 0.429. The van der Waals surface area contributed by atoms with Crippen molar-refractivity contribution in [2.24, 2.45) is 11.8 Å². The van der Waals surface area contributed by atoms with E-state index in [0.29, 0.717) is 12.0 Å². The lowest BCUT2D eigenvalue weighted by atomic mass is 10.1. The van der Waals surface area contributed by atoms with E-state index >= 15 is 0 Å². The minimum atomic E-state index is -0.974. The maximum absolute atomic E-state index is 13.1. The van der Waals surface area contributed by atoms with Gasteiger partial charge < -0.3 is 10.4 Å². The number of carboxylic acids is 1. The summed E-state index contributed by atoms with van der Waals surface area (Å²) in [7, 11) is 0. The second-order valence-electron chi connectivity index (χ2n) is 5.11. The maximum Gasteiger partial charge on any atom is 0.308 e. The average molecular weight is 283 g/mol. The molecule has 1 aromatic rings. The lowest BCUT2D eigenvalue weighted by molar-refractivity contribution is -0.141. The van der Waals surface area contributed by atoms with Crippen molar-refractivity contribution in [1.82, 2.24) is 5.32 Å². The molecule has 1 aliphatic rings. The molecule has 6 heteroatoms. The predicted octanol–water partition coefficient (Wildman–Crippen LogP) is 1.91. The molecule has 3 atom stereocenters. The van der Waals surface area contributed by atoms with Crippen molar-refractivity contribution in [3.8, 4) is 0 Å². The minimum Gasteiger partial charge on any atom is -0.481 e. The van der Waals surface area contributed by atoms with E-state index in [2.05, 4.69) is 5.32 Å². The van der Waals surface area contributed by atoms with Gasteiger partial charge in [-0.2, -0.15) is 0 Å². The van der Waals surface area contributed by atoms with Crippen LogP contribution in [0.5, 0.6) is 0 Å². The Kier molecular flexibility index (Phi) is 4.01. The Morgan fingerprint density at radius 2 is 2.10 bits per heavy atom. The van der Waals surface area contributed by atoms with Crippen molar-refractivity contribution < 1.29 is 23.5 Å². The third-order valence-electron chi connectivity index (χ3n) is 3.50. The molecule has 1 fully saturated rings. The molecule has 0 heterocycles. The lowest BCUT2D eigenvalue weighted by Crippen LogP contribution is -2.32. The number of carboxylic acid groups (broad SMARTS) is 1. The minimum absolute atomic E-state index is 0.0646. The van der Waals surface area contributed by atoms with Gasteiger partial charge in [-0.25, -0.2) is 8.78 Å². The van der Waals surface area contributed by atoms with Crippen LogP contribution in [-0.4, -0.2) is 23.5 Å². The summed E-state index contributed by atoms with van der Waals surface area (Å²) in [5, 5.41) is 11.3. The first kappa shape index (κ1) is 14.4. The number of carbonyl (C=O) groups excluding carboxylic acids is 1. The highest BCUT2D eigenvalue weighted by molar-refractivity contribution is 5.83. The normalized spacial score (nSPS) is 22.1. The van der Waals surface area contributed by atoms with Gasteiger partial charge in [-0.15, -0.1) is 0 Å². The number of amides is 1. The Morgan fingerprint density at radius 3 is 2.70 bits per heavy atom. The summed E-state index contributed by atoms with van der Waals surface area (Å²) in [5.74, 6) is -4.12. The second kappa shape index (κ2) is 5.56. The van der Waals surface area contributed by atoms with E-state index < -0.39 is 23.5 Å². The quantitative estimate of drug-likeness (QED) is 0.867. The number of rotatable bonds is 5. The van der Waals surface area contributed by atoms with Crippen LogP contribution < -0.4 is 5.32 Å². The van der Waals surface area contributed by atoms with Gasteiger partial charge in [0, 0.05) is 12.5 Å². The zero-order valence-corrected chi connectivity index (χ0v) is 10.9. The van der Waals surface area contributed by atoms with Crippen LogP contribution in [0.25, 0.3) is 0 Å². The Hall–Kier alpha value is -1.98. The summed E-state index contributed by atoms with van der Waals surface area (Å²) in [6.07, 6.45) is 0.568. The number of hydrogen-bond acceptors (Lipinski definition) is 2. The molecule has 0 saturated heterocycles. The number of hydrogen-bond donors (Lipinski definition) is 2. The van der Waals surface area contributed by atoms with Gasteiger partial charge in [0.2, 0.25) is 5.91 Å². The van der Waals surface area contributed by atoms with Crippen molar-refractivity contribution in [1.29, 1.82) is 0 Å². The molecule has 4 nitrogen and oxygen atoms in total. The van der Waals surface area contributed by atoms with Gasteiger partial charge in [0.1, 0.15) is 0 Å². The Morgan fingerprint density at radius 1 is 1.40 bits per heavy atom. The van der Waals surface area contributed by atoms with Crippen molar-refractivity contribution in [2.45, 2.75) is 19.3 Å². The van der Waals surface area contributed by atoms with Gasteiger partial charge >= 0.3 is 5.97 Å². The molecule has 0 aromatic heterocycles. The standard InChI is InChI=1S/C14H15F2NO3/c1-7(14(19)20)6-17-13(18)10-5-9(10)8-2-3-11(15)12(16)4-8/h2-4,7,9-10H,5-6H2,1H3,(H,17,18)(H,19,20). The summed E-state index contributed by atoms with van der Waals surface area (Å²) in [6, 6.07) is 3.62. The van der Waals surface area contributed by atoms with Gasteiger partial charge in [-0.05, 0) is 30.0 Å². The first-order chi connectivity index (χ1) is 9.40. The Balaban J connectivity index is 1.89. The largest absolute Gasteiger partial charge is 0.481 e. The Labute approximate surface area is 114 Å². The van der Waals surface area contributed by atoms with Crippen LogP contribution in [0.2, 0.25) is 0 Å². The predicted molar refractivity (Wildman–Crippen MR) is 67.0 cm³/mol. The summed E-state index contributed by atoms with van der Waals surface area (Å²) >= 11 is 0. The summed E-state index contributed by atoms with van der Waals surface area (Å²) in [4.78, 5) is 22.4. The van der Waals surface area contributed by atoms with E-state index in [1.54, 1.807) is 0 Å². The zero-order chi connectivity index (χ0) is 14.9. The van der Waals surface area contributed by atoms with Crippen LogP contribution in [0, 0.1) is 23.5 Å². The smallest absolute Gasteiger partial charge is 0.308 e. The van der Waals surface area contributed by atoms with Crippen LogP contribution in [0.1, 0.15) is 24.8 Å². The molecule has 1 amide bonds. The SMILES string of the molecule is CC(CNC(=O)C1CC1c1ccc(F)c(F)c1)C(=O)O. The molecule has 0 aliphatic heterocycles. The molecule has 2 N–H and O–H groups in total. The molecule has 0 bridgehead atoms. The number of benzene rings is 1. The lowest BCUT2D eigenvalue weighted by Gasteiger charge is -2.08. The molecular formula is C14H15F2NO3. The highest BCUT2D eigenvalue weighted by atomic mass is 19.2. The fourth-order valence-corrected chi connectivity index (χ4v) is 2.07. The van der Waals surface area contributed by atoms with Crippen molar-refractivity contribution in [2.75, 3.05) is 6.54 Å². The van der Waals surface area contributed by atoms with E-state index in [-0.39, 0.29) is 24.3 Å². The average Bonchev–Trinajstić information content (AvgIpc) is 3.19. The van der Waals surface area contributed by atoms with Crippen LogP contribution in [-0.2, 0) is 9.59 Å². The third kappa shape index (κ3) is 3.12. The zero-order valence-electron chi connectivity index (χ0n) is 10.9. The van der Waals surface area contributed by atoms with Gasteiger partial charge in [0.05, 0.1) is 5.92 Å². The molecule has 3 unspecified atom stereocenters. The number of halogens is 2. The van der Waals surface area contributed by atoms with E-state index in [1.807, 2.05) is 0 Å². The second-order valence-corrected chi connectivity index (χ2v) is 5.11. The highest BCUT2D eigenvalue weighted by Gasteiger charge is 2.44. The fourth-order valence-electron chi connectivity index (χ4n) is 2.07. The maximum atomic E-state index is 13.1. The number of nitrogens with one attached hydrogen (secondary N) is 1. The van der Waals surface area contributed by atoms with Crippen LogP contribution in [0.4, 0.5) is 8.78 Å². The Bertz CT molecular complexity index is 547. The van der Waals surface area contributed by atoms with Crippen LogP contribution in [0.15, 0.2) is 18.2 Å². The van der Waals surface area contributed by atoms with Crippen molar-refractivity contribution in [3.63, 3.8) is 0 Å². The van der Waals surface area contributed by atoms with Gasteiger partial charge in [0.25, 0.3) is 0 Å². The number of aliphatic carboxylic acids is 1.